The van der Waals surface area contributed by atoms with Crippen LogP contribution in [-0.2, 0) is 0 Å². The Morgan fingerprint density at radius 2 is 1.80 bits per heavy atom. The molecule has 6 nitrogen and oxygen atoms in total. The zero-order valence-corrected chi connectivity index (χ0v) is 14.1. The summed E-state index contributed by atoms with van der Waals surface area (Å²) in [5, 5.41) is 6.43. The second-order valence-electron chi connectivity index (χ2n) is 5.07. The number of carbonyl (C=O) groups is 1. The van der Waals surface area contributed by atoms with Crippen LogP contribution in [0.25, 0.3) is 0 Å². The van der Waals surface area contributed by atoms with Crippen molar-refractivity contribution in [1.82, 2.24) is 9.97 Å². The number of nitrogens with one attached hydrogen (secondary N) is 2. The van der Waals surface area contributed by atoms with Crippen LogP contribution < -0.4 is 15.4 Å². The highest BCUT2D eigenvalue weighted by Gasteiger charge is 2.09. The third-order valence-corrected chi connectivity index (χ3v) is 3.61. The minimum absolute atomic E-state index is 0.209. The highest BCUT2D eigenvalue weighted by molar-refractivity contribution is 6.30. The van der Waals surface area contributed by atoms with Crippen LogP contribution >= 0.6 is 11.6 Å². The maximum atomic E-state index is 12.2. The van der Waals surface area contributed by atoms with Gasteiger partial charge in [-0.05, 0) is 36.4 Å². The Balaban J connectivity index is 1.69. The first-order valence-electron chi connectivity index (χ1n) is 7.45. The lowest BCUT2D eigenvalue weighted by Gasteiger charge is -2.10. The van der Waals surface area contributed by atoms with E-state index in [-0.39, 0.29) is 11.6 Å². The van der Waals surface area contributed by atoms with Crippen molar-refractivity contribution in [3.63, 3.8) is 0 Å². The Hall–Kier alpha value is -3.12. The Kier molecular flexibility index (Phi) is 5.11. The van der Waals surface area contributed by atoms with E-state index in [4.69, 9.17) is 16.3 Å². The van der Waals surface area contributed by atoms with Gasteiger partial charge in [-0.25, -0.2) is 9.97 Å². The predicted octanol–water partition coefficient (Wildman–Crippen LogP) is 4.13. The normalized spacial score (nSPS) is 10.2. The molecule has 7 heteroatoms. The van der Waals surface area contributed by atoms with Crippen molar-refractivity contribution in [3.05, 3.63) is 71.6 Å². The number of hydrogen-bond donors (Lipinski definition) is 2. The first-order valence-corrected chi connectivity index (χ1v) is 7.82. The molecule has 1 heterocycles. The van der Waals surface area contributed by atoms with E-state index in [1.165, 1.54) is 12.4 Å². The van der Waals surface area contributed by atoms with Crippen LogP contribution in [0.2, 0.25) is 5.02 Å². The maximum absolute atomic E-state index is 12.2. The second kappa shape index (κ2) is 7.63. The molecule has 0 aliphatic carbocycles. The van der Waals surface area contributed by atoms with E-state index in [9.17, 15) is 4.79 Å². The summed E-state index contributed by atoms with van der Waals surface area (Å²) in [4.78, 5) is 20.5. The molecule has 25 heavy (non-hydrogen) atoms. The van der Waals surface area contributed by atoms with Gasteiger partial charge in [0.05, 0.1) is 25.2 Å². The highest BCUT2D eigenvalue weighted by atomic mass is 35.5. The van der Waals surface area contributed by atoms with Crippen LogP contribution in [0.1, 0.15) is 10.5 Å². The molecule has 3 aromatic rings. The standard InChI is InChI=1S/C18H15ClN4O2/c1-25-16-5-3-2-4-14(16)23-17-11-20-15(10-21-17)18(24)22-13-8-6-12(19)7-9-13/h2-11H,1H3,(H,21,23)(H,22,24). The fraction of sp³-hybridized carbons (Fsp3) is 0.0556. The van der Waals surface area contributed by atoms with Crippen molar-refractivity contribution in [2.24, 2.45) is 0 Å². The smallest absolute Gasteiger partial charge is 0.275 e. The van der Waals surface area contributed by atoms with Crippen LogP contribution in [0, 0.1) is 0 Å². The Morgan fingerprint density at radius 3 is 2.48 bits per heavy atom. The average molecular weight is 355 g/mol. The molecule has 2 aromatic carbocycles. The number of ether oxygens (including phenoxy) is 1. The molecular formula is C18H15ClN4O2. The van der Waals surface area contributed by atoms with Crippen LogP contribution in [0.15, 0.2) is 60.9 Å². The van der Waals surface area contributed by atoms with Crippen molar-refractivity contribution >= 4 is 34.7 Å². The SMILES string of the molecule is COc1ccccc1Nc1cnc(C(=O)Nc2ccc(Cl)cc2)cn1. The number of para-hydroxylation sites is 2. The summed E-state index contributed by atoms with van der Waals surface area (Å²) in [5.74, 6) is 0.847. The average Bonchev–Trinajstić information content (AvgIpc) is 2.64. The van der Waals surface area contributed by atoms with E-state index >= 15 is 0 Å². The van der Waals surface area contributed by atoms with Gasteiger partial charge in [-0.3, -0.25) is 4.79 Å². The summed E-state index contributed by atoms with van der Waals surface area (Å²) < 4.78 is 5.27. The topological polar surface area (TPSA) is 76.1 Å². The third kappa shape index (κ3) is 4.24. The van der Waals surface area contributed by atoms with Gasteiger partial charge in [-0.2, -0.15) is 0 Å². The van der Waals surface area contributed by atoms with E-state index in [2.05, 4.69) is 20.6 Å². The lowest BCUT2D eigenvalue weighted by molar-refractivity contribution is 0.102. The molecule has 0 radical (unpaired) electrons. The van der Waals surface area contributed by atoms with Crippen LogP contribution in [0.4, 0.5) is 17.2 Å². The number of rotatable bonds is 5. The minimum atomic E-state index is -0.348. The molecule has 126 valence electrons. The number of methoxy groups -OCH3 is 1. The molecule has 0 saturated heterocycles. The quantitative estimate of drug-likeness (QED) is 0.720. The van der Waals surface area contributed by atoms with E-state index < -0.39 is 0 Å². The van der Waals surface area contributed by atoms with Crippen LogP contribution in [0.3, 0.4) is 0 Å². The molecule has 1 aromatic heterocycles. The number of aromatic nitrogens is 2. The number of carbonyl (C=O) groups excluding carboxylic acids is 1. The molecule has 0 aliphatic heterocycles. The number of hydrogen-bond acceptors (Lipinski definition) is 5. The summed E-state index contributed by atoms with van der Waals surface area (Å²) in [6, 6.07) is 14.3. The number of anilines is 3. The first kappa shape index (κ1) is 16.7. The van der Waals surface area contributed by atoms with Gasteiger partial charge in [0.1, 0.15) is 17.3 Å². The summed E-state index contributed by atoms with van der Waals surface area (Å²) in [5.41, 5.74) is 1.60. The Bertz CT molecular complexity index is 867. The first-order chi connectivity index (χ1) is 12.2. The molecule has 3 rings (SSSR count). The van der Waals surface area contributed by atoms with Crippen molar-refractivity contribution in [2.45, 2.75) is 0 Å². The zero-order valence-electron chi connectivity index (χ0n) is 13.4. The van der Waals surface area contributed by atoms with E-state index in [0.717, 1.165) is 5.69 Å². The lowest BCUT2D eigenvalue weighted by atomic mass is 10.3. The largest absolute Gasteiger partial charge is 0.495 e. The Morgan fingerprint density at radius 1 is 1.04 bits per heavy atom. The van der Waals surface area contributed by atoms with Gasteiger partial charge in [-0.1, -0.05) is 23.7 Å². The molecule has 2 N–H and O–H groups in total. The second-order valence-corrected chi connectivity index (χ2v) is 5.51. The Labute approximate surface area is 149 Å². The monoisotopic (exact) mass is 354 g/mol. The molecule has 0 saturated carbocycles. The molecule has 0 bridgehead atoms. The molecule has 0 atom stereocenters. The highest BCUT2D eigenvalue weighted by Crippen LogP contribution is 2.25. The zero-order chi connectivity index (χ0) is 17.6. The van der Waals surface area contributed by atoms with E-state index in [0.29, 0.717) is 22.3 Å². The van der Waals surface area contributed by atoms with Gasteiger partial charge >= 0.3 is 0 Å². The van der Waals surface area contributed by atoms with Gasteiger partial charge in [0.15, 0.2) is 0 Å². The van der Waals surface area contributed by atoms with Crippen LogP contribution in [-0.4, -0.2) is 23.0 Å². The van der Waals surface area contributed by atoms with Gasteiger partial charge in [0, 0.05) is 10.7 Å². The summed E-state index contributed by atoms with van der Waals surface area (Å²) in [6.07, 6.45) is 2.90. The molecule has 0 spiro atoms. The van der Waals surface area contributed by atoms with Gasteiger partial charge < -0.3 is 15.4 Å². The lowest BCUT2D eigenvalue weighted by Crippen LogP contribution is -2.14. The van der Waals surface area contributed by atoms with Crippen LogP contribution in [0.5, 0.6) is 5.75 Å². The molecule has 0 fully saturated rings. The molecule has 1 amide bonds. The fourth-order valence-corrected chi connectivity index (χ4v) is 2.25. The van der Waals surface area contributed by atoms with Gasteiger partial charge in [0.2, 0.25) is 0 Å². The van der Waals surface area contributed by atoms with Crippen molar-refractivity contribution < 1.29 is 9.53 Å². The summed E-state index contributed by atoms with van der Waals surface area (Å²) in [7, 11) is 1.59. The predicted molar refractivity (Wildman–Crippen MR) is 97.7 cm³/mol. The van der Waals surface area contributed by atoms with E-state index in [1.54, 1.807) is 31.4 Å². The maximum Gasteiger partial charge on any atom is 0.275 e. The number of halogens is 1. The summed E-state index contributed by atoms with van der Waals surface area (Å²) in [6.45, 7) is 0. The molecule has 0 unspecified atom stereocenters. The van der Waals surface area contributed by atoms with Crippen molar-refractivity contribution in [2.75, 3.05) is 17.7 Å². The third-order valence-electron chi connectivity index (χ3n) is 3.36. The van der Waals surface area contributed by atoms with E-state index in [1.807, 2.05) is 24.3 Å². The van der Waals surface area contributed by atoms with Crippen molar-refractivity contribution in [3.8, 4) is 5.75 Å². The molecule has 0 aliphatic rings. The minimum Gasteiger partial charge on any atom is -0.495 e. The number of nitrogens with zero attached hydrogens (tertiary/aromatic N) is 2. The number of amides is 1. The van der Waals surface area contributed by atoms with Crippen molar-refractivity contribution in [1.29, 1.82) is 0 Å². The molecular weight excluding hydrogens is 340 g/mol. The number of benzene rings is 2. The summed E-state index contributed by atoms with van der Waals surface area (Å²) >= 11 is 5.82. The van der Waals surface area contributed by atoms with Gasteiger partial charge in [0.25, 0.3) is 5.91 Å². The fourth-order valence-electron chi connectivity index (χ4n) is 2.12. The van der Waals surface area contributed by atoms with Gasteiger partial charge in [-0.15, -0.1) is 0 Å².